The molecule has 0 bridgehead atoms. The zero-order valence-corrected chi connectivity index (χ0v) is 21.9. The summed E-state index contributed by atoms with van der Waals surface area (Å²) in [6.07, 6.45) is -6.28. The highest BCUT2D eigenvalue weighted by Crippen LogP contribution is 2.52. The molecule has 1 aromatic heterocycles. The average Bonchev–Trinajstić information content (AvgIpc) is 3.08. The number of carbonyl (C=O) groups excluding carboxylic acids is 1. The first-order chi connectivity index (χ1) is 17.9. The van der Waals surface area contributed by atoms with Crippen molar-refractivity contribution in [2.24, 2.45) is 0 Å². The summed E-state index contributed by atoms with van der Waals surface area (Å²) in [6.45, 7) is 5.09. The topological polar surface area (TPSA) is 174 Å². The quantitative estimate of drug-likeness (QED) is 0.248. The van der Waals surface area contributed by atoms with Gasteiger partial charge < -0.3 is 24.8 Å². The van der Waals surface area contributed by atoms with Crippen LogP contribution in [0.25, 0.3) is 0 Å². The molecule has 15 heteroatoms. The molecular formula is C23H28FN4O9P. The number of alkyl halides is 1. The maximum atomic E-state index is 15.9. The van der Waals surface area contributed by atoms with Crippen LogP contribution in [0, 0.1) is 11.8 Å². The van der Waals surface area contributed by atoms with E-state index >= 15 is 4.39 Å². The van der Waals surface area contributed by atoms with E-state index in [0.717, 1.165) is 6.33 Å². The second kappa shape index (κ2) is 12.0. The molecule has 2 unspecified atom stereocenters. The zero-order chi connectivity index (χ0) is 28.1. The second-order valence-electron chi connectivity index (χ2n) is 8.40. The molecule has 13 nitrogen and oxygen atoms in total. The number of phosphoric acid groups is 1. The number of hydrogen-bond donors (Lipinski definition) is 2. The average molecular weight is 554 g/mol. The first-order valence-electron chi connectivity index (χ1n) is 11.4. The summed E-state index contributed by atoms with van der Waals surface area (Å²) in [5.74, 6) is 3.45. The van der Waals surface area contributed by atoms with Gasteiger partial charge in [0.2, 0.25) is 11.6 Å². The van der Waals surface area contributed by atoms with E-state index in [2.05, 4.69) is 21.8 Å². The standard InChI is InChI=1S/C23H28FN4O9P/c1-5-11-23(24)18(29)17(35-20(23)28-13-26-21(25)27-22(28)31)12-33-38(32,37-16-9-7-6-8-10-16)36-15(4)19(30)34-14(2)3/h6-10,13-15,17-18,20,29H,12H2,1-4H3,(H2,25,27,31)/t15-,17+,18-,20+,23?,38?/m0/s1. The monoisotopic (exact) mass is 554 g/mol. The van der Waals surface area contributed by atoms with Gasteiger partial charge in [-0.2, -0.15) is 4.98 Å². The van der Waals surface area contributed by atoms with Gasteiger partial charge in [-0.1, -0.05) is 24.1 Å². The van der Waals surface area contributed by atoms with Crippen LogP contribution in [0.1, 0.15) is 33.9 Å². The summed E-state index contributed by atoms with van der Waals surface area (Å²) in [6, 6.07) is 7.80. The first-order valence-corrected chi connectivity index (χ1v) is 12.9. The first kappa shape index (κ1) is 29.2. The van der Waals surface area contributed by atoms with Gasteiger partial charge in [0.1, 0.15) is 24.3 Å². The molecule has 1 aliphatic rings. The lowest BCUT2D eigenvalue weighted by Crippen LogP contribution is -2.44. The van der Waals surface area contributed by atoms with Crippen LogP contribution in [0.5, 0.6) is 5.75 Å². The van der Waals surface area contributed by atoms with Gasteiger partial charge in [-0.15, -0.1) is 5.92 Å². The van der Waals surface area contributed by atoms with Gasteiger partial charge in [-0.25, -0.2) is 23.5 Å². The van der Waals surface area contributed by atoms with Crippen LogP contribution in [-0.2, 0) is 27.9 Å². The van der Waals surface area contributed by atoms with E-state index in [1.54, 1.807) is 32.0 Å². The van der Waals surface area contributed by atoms with Crippen LogP contribution < -0.4 is 15.9 Å². The fraction of sp³-hybridized carbons (Fsp3) is 0.478. The smallest absolute Gasteiger partial charge is 0.461 e. The van der Waals surface area contributed by atoms with Crippen molar-refractivity contribution in [1.29, 1.82) is 0 Å². The van der Waals surface area contributed by atoms with E-state index in [-0.39, 0.29) is 11.7 Å². The van der Waals surface area contributed by atoms with Gasteiger partial charge in [0.25, 0.3) is 0 Å². The third-order valence-corrected chi connectivity index (χ3v) is 6.56. The Morgan fingerprint density at radius 1 is 1.34 bits per heavy atom. The Morgan fingerprint density at radius 2 is 2.03 bits per heavy atom. The Kier molecular flexibility index (Phi) is 9.24. The number of benzene rings is 1. The normalized spacial score (nSPS) is 25.2. The highest BCUT2D eigenvalue weighted by atomic mass is 31.2. The van der Waals surface area contributed by atoms with Crippen molar-refractivity contribution in [3.8, 4) is 17.6 Å². The van der Waals surface area contributed by atoms with E-state index in [0.29, 0.717) is 4.57 Å². The van der Waals surface area contributed by atoms with Crippen molar-refractivity contribution in [1.82, 2.24) is 14.5 Å². The van der Waals surface area contributed by atoms with Crippen LogP contribution in [-0.4, -0.2) is 62.3 Å². The maximum absolute atomic E-state index is 15.9. The minimum Gasteiger partial charge on any atom is -0.461 e. The fourth-order valence-electron chi connectivity index (χ4n) is 3.42. The van der Waals surface area contributed by atoms with Gasteiger partial charge >= 0.3 is 19.5 Å². The Balaban J connectivity index is 1.86. The van der Waals surface area contributed by atoms with Crippen molar-refractivity contribution in [3.63, 3.8) is 0 Å². The van der Waals surface area contributed by atoms with E-state index in [4.69, 9.17) is 28.8 Å². The molecule has 1 aromatic carbocycles. The second-order valence-corrected chi connectivity index (χ2v) is 9.95. The molecule has 3 rings (SSSR count). The summed E-state index contributed by atoms with van der Waals surface area (Å²) in [4.78, 5) is 31.6. The summed E-state index contributed by atoms with van der Waals surface area (Å²) in [7, 11) is -4.60. The Labute approximate surface area is 217 Å². The number of nitrogen functional groups attached to an aromatic ring is 1. The highest BCUT2D eigenvalue weighted by Gasteiger charge is 2.58. The van der Waals surface area contributed by atoms with E-state index in [1.807, 2.05) is 0 Å². The highest BCUT2D eigenvalue weighted by molar-refractivity contribution is 7.49. The van der Waals surface area contributed by atoms with Gasteiger partial charge in [0, 0.05) is 0 Å². The molecule has 1 fully saturated rings. The molecule has 2 heterocycles. The molecule has 1 aliphatic heterocycles. The minimum absolute atomic E-state index is 0.0771. The summed E-state index contributed by atoms with van der Waals surface area (Å²) < 4.78 is 56.9. The molecule has 0 amide bonds. The van der Waals surface area contributed by atoms with E-state index in [1.165, 1.54) is 26.0 Å². The van der Waals surface area contributed by atoms with Crippen molar-refractivity contribution in [2.45, 2.75) is 64.0 Å². The fourth-order valence-corrected chi connectivity index (χ4v) is 4.76. The van der Waals surface area contributed by atoms with E-state index in [9.17, 15) is 19.3 Å². The number of rotatable bonds is 10. The molecule has 3 N–H and O–H groups in total. The van der Waals surface area contributed by atoms with Crippen LogP contribution in [0.15, 0.2) is 41.5 Å². The predicted molar refractivity (Wildman–Crippen MR) is 130 cm³/mol. The molecule has 0 saturated carbocycles. The van der Waals surface area contributed by atoms with Gasteiger partial charge in [-0.3, -0.25) is 13.6 Å². The van der Waals surface area contributed by atoms with Gasteiger partial charge in [0.15, 0.2) is 12.3 Å². The number of nitrogens with zero attached hydrogens (tertiary/aromatic N) is 3. The minimum atomic E-state index is -4.60. The number of aliphatic hydroxyl groups excluding tert-OH is 1. The number of phosphoric ester groups is 1. The van der Waals surface area contributed by atoms with E-state index < -0.39 is 62.4 Å². The molecule has 0 spiro atoms. The number of carbonyl (C=O) groups is 1. The van der Waals surface area contributed by atoms with Crippen LogP contribution in [0.3, 0.4) is 0 Å². The van der Waals surface area contributed by atoms with Crippen molar-refractivity contribution < 1.29 is 41.9 Å². The lowest BCUT2D eigenvalue weighted by atomic mass is 9.96. The molecule has 6 atom stereocenters. The Bertz CT molecular complexity index is 1300. The number of aromatic nitrogens is 3. The number of nitrogens with two attached hydrogens (primary N) is 1. The molecule has 2 aromatic rings. The largest absolute Gasteiger partial charge is 0.530 e. The Morgan fingerprint density at radius 3 is 2.63 bits per heavy atom. The Hall–Kier alpha value is -3.34. The molecule has 206 valence electrons. The molecule has 0 aliphatic carbocycles. The third kappa shape index (κ3) is 6.75. The number of anilines is 1. The summed E-state index contributed by atoms with van der Waals surface area (Å²) in [5.41, 5.74) is 1.58. The van der Waals surface area contributed by atoms with Crippen LogP contribution >= 0.6 is 7.82 Å². The number of hydrogen-bond acceptors (Lipinski definition) is 12. The van der Waals surface area contributed by atoms with Gasteiger partial charge in [0.05, 0.1) is 12.7 Å². The number of aliphatic hydroxyl groups is 1. The lowest BCUT2D eigenvalue weighted by molar-refractivity contribution is -0.156. The van der Waals surface area contributed by atoms with Crippen molar-refractivity contribution >= 4 is 19.7 Å². The SMILES string of the molecule is CC#CC1(F)[C@@H](O)[C@@H](COP(=O)(Oc2ccccc2)O[C@@H](C)C(=O)OC(C)C)O[C@H]1n1cnc(N)nc1=O. The predicted octanol–water partition coefficient (Wildman–Crippen LogP) is 1.77. The number of esters is 1. The molecule has 0 radical (unpaired) electrons. The van der Waals surface area contributed by atoms with Crippen molar-refractivity contribution in [2.75, 3.05) is 12.3 Å². The number of halogens is 1. The summed E-state index contributed by atoms with van der Waals surface area (Å²) >= 11 is 0. The molecule has 1 saturated heterocycles. The van der Waals surface area contributed by atoms with Crippen LogP contribution in [0.2, 0.25) is 0 Å². The van der Waals surface area contributed by atoms with Crippen molar-refractivity contribution in [3.05, 3.63) is 47.1 Å². The summed E-state index contributed by atoms with van der Waals surface area (Å²) in [5, 5.41) is 10.8. The molecular weight excluding hydrogens is 526 g/mol. The number of para-hydroxylation sites is 1. The third-order valence-electron chi connectivity index (χ3n) is 5.09. The number of ether oxygens (including phenoxy) is 2. The zero-order valence-electron chi connectivity index (χ0n) is 21.0. The van der Waals surface area contributed by atoms with Crippen LogP contribution in [0.4, 0.5) is 10.3 Å². The molecule has 38 heavy (non-hydrogen) atoms. The lowest BCUT2D eigenvalue weighted by Gasteiger charge is -2.24. The van der Waals surface area contributed by atoms with Gasteiger partial charge in [-0.05, 0) is 39.8 Å². The maximum Gasteiger partial charge on any atom is 0.530 e.